The molecule has 2 aliphatic rings. The fourth-order valence-corrected chi connectivity index (χ4v) is 7.01. The Kier molecular flexibility index (Phi) is 12.6. The normalized spacial score (nSPS) is 38.0. The van der Waals surface area contributed by atoms with Gasteiger partial charge in [-0.25, -0.2) is 9.59 Å². The van der Waals surface area contributed by atoms with Gasteiger partial charge >= 0.3 is 12.1 Å². The van der Waals surface area contributed by atoms with E-state index in [9.17, 15) is 9.59 Å². The standard InChI is InChI=1S/C32H64N6O2/c1-11-29(7)21-25(23(5)31(9,13-3)37-29)35-27(39)33-19-17-15-16-18-20-34-28(40)36-26-22-30(8,12-2)38-32(10,14-4)24(26)6/h23-26,37-38H,11-22H2,1-10H3,(H2,33,35,39)(H2,34,36,40). The molecule has 0 aliphatic carbocycles. The minimum Gasteiger partial charge on any atom is -0.338 e. The summed E-state index contributed by atoms with van der Waals surface area (Å²) in [6.45, 7) is 23.9. The van der Waals surface area contributed by atoms with Gasteiger partial charge in [-0.15, -0.1) is 0 Å². The summed E-state index contributed by atoms with van der Waals surface area (Å²) >= 11 is 0. The molecule has 8 unspecified atom stereocenters. The summed E-state index contributed by atoms with van der Waals surface area (Å²) in [7, 11) is 0. The number of carbonyl (C=O) groups excluding carboxylic acids is 2. The van der Waals surface area contributed by atoms with Crippen molar-refractivity contribution in [1.82, 2.24) is 31.9 Å². The molecule has 4 amide bonds. The SMILES string of the molecule is CCC1(C)CC(NC(=O)NCCCCCCNC(=O)NC2CC(C)(CC)NC(C)(CC)C2C)C(C)C(C)(CC)N1. The first-order chi connectivity index (χ1) is 18.7. The Labute approximate surface area is 246 Å². The van der Waals surface area contributed by atoms with Crippen LogP contribution in [0.2, 0.25) is 0 Å². The van der Waals surface area contributed by atoms with Crippen LogP contribution in [0.5, 0.6) is 0 Å². The molecule has 2 aliphatic heterocycles. The lowest BCUT2D eigenvalue weighted by molar-refractivity contribution is 0.0620. The van der Waals surface area contributed by atoms with E-state index in [0.29, 0.717) is 24.9 Å². The molecule has 2 rings (SSSR count). The van der Waals surface area contributed by atoms with Crippen molar-refractivity contribution in [2.45, 2.75) is 168 Å². The molecule has 8 atom stereocenters. The van der Waals surface area contributed by atoms with Gasteiger partial charge in [-0.1, -0.05) is 54.4 Å². The van der Waals surface area contributed by atoms with Crippen molar-refractivity contribution in [1.29, 1.82) is 0 Å². The number of carbonyl (C=O) groups is 2. The lowest BCUT2D eigenvalue weighted by atomic mass is 9.69. The second-order valence-corrected chi connectivity index (χ2v) is 14.0. The maximum absolute atomic E-state index is 12.7. The quantitative estimate of drug-likeness (QED) is 0.159. The van der Waals surface area contributed by atoms with Crippen LogP contribution < -0.4 is 31.9 Å². The van der Waals surface area contributed by atoms with Crippen LogP contribution in [0, 0.1) is 11.8 Å². The Morgan fingerprint density at radius 3 is 1.27 bits per heavy atom. The Hall–Kier alpha value is -1.54. The number of hydrogen-bond acceptors (Lipinski definition) is 4. The van der Waals surface area contributed by atoms with Gasteiger partial charge in [-0.3, -0.25) is 0 Å². The van der Waals surface area contributed by atoms with Gasteiger partial charge in [0.1, 0.15) is 0 Å². The van der Waals surface area contributed by atoms with Crippen LogP contribution in [0.4, 0.5) is 9.59 Å². The highest BCUT2D eigenvalue weighted by Crippen LogP contribution is 2.38. The molecule has 0 aromatic rings. The first-order valence-corrected chi connectivity index (χ1v) is 16.4. The second-order valence-electron chi connectivity index (χ2n) is 14.0. The molecule has 2 heterocycles. The van der Waals surface area contributed by atoms with Gasteiger partial charge in [0.25, 0.3) is 0 Å². The highest BCUT2D eigenvalue weighted by molar-refractivity contribution is 5.74. The first-order valence-electron chi connectivity index (χ1n) is 16.4. The summed E-state index contributed by atoms with van der Waals surface area (Å²) in [6.07, 6.45) is 9.99. The molecule has 234 valence electrons. The fourth-order valence-electron chi connectivity index (χ4n) is 7.01. The predicted molar refractivity (Wildman–Crippen MR) is 168 cm³/mol. The molecule has 0 spiro atoms. The van der Waals surface area contributed by atoms with Crippen LogP contribution in [-0.2, 0) is 0 Å². The van der Waals surface area contributed by atoms with Crippen LogP contribution >= 0.6 is 0 Å². The zero-order valence-electron chi connectivity index (χ0n) is 27.6. The molecule has 0 aromatic heterocycles. The van der Waals surface area contributed by atoms with Crippen molar-refractivity contribution in [3.8, 4) is 0 Å². The third kappa shape index (κ3) is 8.98. The Balaban J connectivity index is 1.64. The monoisotopic (exact) mass is 565 g/mol. The maximum atomic E-state index is 12.7. The van der Waals surface area contributed by atoms with Crippen molar-refractivity contribution in [2.24, 2.45) is 11.8 Å². The van der Waals surface area contributed by atoms with Crippen molar-refractivity contribution >= 4 is 12.1 Å². The molecule has 8 nitrogen and oxygen atoms in total. The predicted octanol–water partition coefficient (Wildman–Crippen LogP) is 5.82. The van der Waals surface area contributed by atoms with Crippen LogP contribution in [0.25, 0.3) is 0 Å². The van der Waals surface area contributed by atoms with Crippen LogP contribution in [-0.4, -0.2) is 59.4 Å². The lowest BCUT2D eigenvalue weighted by Gasteiger charge is -2.53. The Bertz CT molecular complexity index is 759. The zero-order valence-corrected chi connectivity index (χ0v) is 27.6. The van der Waals surface area contributed by atoms with Gasteiger partial charge in [-0.2, -0.15) is 0 Å². The molecule has 0 bridgehead atoms. The van der Waals surface area contributed by atoms with Crippen molar-refractivity contribution in [2.75, 3.05) is 13.1 Å². The van der Waals surface area contributed by atoms with Gasteiger partial charge in [-0.05, 0) is 90.9 Å². The number of nitrogens with one attached hydrogen (secondary N) is 6. The number of amides is 4. The van der Waals surface area contributed by atoms with Gasteiger partial charge < -0.3 is 31.9 Å². The summed E-state index contributed by atoms with van der Waals surface area (Å²) in [4.78, 5) is 25.3. The van der Waals surface area contributed by atoms with Crippen LogP contribution in [0.1, 0.15) is 133 Å². The second kappa shape index (κ2) is 14.6. The average Bonchev–Trinajstić information content (AvgIpc) is 2.91. The summed E-state index contributed by atoms with van der Waals surface area (Å²) in [5, 5.41) is 20.4. The van der Waals surface area contributed by atoms with E-state index in [1.54, 1.807) is 0 Å². The minimum absolute atomic E-state index is 0.0178. The summed E-state index contributed by atoms with van der Waals surface area (Å²) in [5.41, 5.74) is 0.115. The van der Waals surface area contributed by atoms with E-state index in [-0.39, 0.29) is 46.3 Å². The van der Waals surface area contributed by atoms with Gasteiger partial charge in [0.15, 0.2) is 0 Å². The van der Waals surface area contributed by atoms with Crippen molar-refractivity contribution in [3.05, 3.63) is 0 Å². The molecule has 0 aromatic carbocycles. The van der Waals surface area contributed by atoms with E-state index in [0.717, 1.165) is 64.2 Å². The summed E-state index contributed by atoms with van der Waals surface area (Å²) < 4.78 is 0. The van der Waals surface area contributed by atoms with E-state index in [1.165, 1.54) is 0 Å². The topological polar surface area (TPSA) is 106 Å². The lowest BCUT2D eigenvalue weighted by Crippen LogP contribution is -2.69. The molecule has 2 saturated heterocycles. The molecular weight excluding hydrogens is 500 g/mol. The number of piperidine rings is 2. The molecule has 8 heteroatoms. The molecular formula is C32H64N6O2. The largest absolute Gasteiger partial charge is 0.338 e. The highest BCUT2D eigenvalue weighted by atomic mass is 16.2. The van der Waals surface area contributed by atoms with Crippen LogP contribution in [0.15, 0.2) is 0 Å². The van der Waals surface area contributed by atoms with Crippen molar-refractivity contribution in [3.63, 3.8) is 0 Å². The van der Waals surface area contributed by atoms with E-state index in [4.69, 9.17) is 0 Å². The van der Waals surface area contributed by atoms with E-state index < -0.39 is 0 Å². The van der Waals surface area contributed by atoms with E-state index in [2.05, 4.69) is 101 Å². The summed E-state index contributed by atoms with van der Waals surface area (Å²) in [6, 6.07) is 0.208. The maximum Gasteiger partial charge on any atom is 0.315 e. The van der Waals surface area contributed by atoms with Gasteiger partial charge in [0.05, 0.1) is 0 Å². The third-order valence-electron chi connectivity index (χ3n) is 11.1. The first kappa shape index (κ1) is 34.7. The molecule has 2 fully saturated rings. The average molecular weight is 565 g/mol. The molecule has 0 saturated carbocycles. The number of rotatable bonds is 13. The van der Waals surface area contributed by atoms with Crippen LogP contribution in [0.3, 0.4) is 0 Å². The molecule has 6 N–H and O–H groups in total. The minimum atomic E-state index is -0.0560. The van der Waals surface area contributed by atoms with Gasteiger partial charge in [0.2, 0.25) is 0 Å². The third-order valence-corrected chi connectivity index (χ3v) is 11.1. The summed E-state index contributed by atoms with van der Waals surface area (Å²) in [5.74, 6) is 0.718. The smallest absolute Gasteiger partial charge is 0.315 e. The van der Waals surface area contributed by atoms with E-state index in [1.807, 2.05) is 0 Å². The van der Waals surface area contributed by atoms with Crippen molar-refractivity contribution < 1.29 is 9.59 Å². The number of unbranched alkanes of at least 4 members (excludes halogenated alkanes) is 3. The molecule has 40 heavy (non-hydrogen) atoms. The number of hydrogen-bond donors (Lipinski definition) is 6. The van der Waals surface area contributed by atoms with E-state index >= 15 is 0 Å². The Morgan fingerprint density at radius 1 is 0.625 bits per heavy atom. The number of urea groups is 2. The molecule has 0 radical (unpaired) electrons. The Morgan fingerprint density at radius 2 is 0.975 bits per heavy atom. The van der Waals surface area contributed by atoms with Gasteiger partial charge in [0, 0.05) is 47.3 Å². The highest BCUT2D eigenvalue weighted by Gasteiger charge is 2.47. The zero-order chi connectivity index (χ0) is 30.2. The fraction of sp³-hybridized carbons (Fsp3) is 0.938.